The molecule has 3 aromatic heterocycles. The van der Waals surface area contributed by atoms with E-state index in [4.69, 9.17) is 11.6 Å². The molecule has 108 valence electrons. The Hall–Kier alpha value is -1.96. The lowest BCUT2D eigenvalue weighted by atomic mass is 10.4. The van der Waals surface area contributed by atoms with Crippen LogP contribution in [0.25, 0.3) is 16.3 Å². The highest BCUT2D eigenvalue weighted by Gasteiger charge is 2.11. The first-order chi connectivity index (χ1) is 10.8. The standard InChI is InChI=1S/C14H8ClN5S2/c15-9-2-1-3-10(6-9)22-13-5-4-12-17-18-14(20(12)19-13)11-7-16-8-21-11/h1-8H. The maximum atomic E-state index is 6.02. The first-order valence-electron chi connectivity index (χ1n) is 6.34. The van der Waals surface area contributed by atoms with Crippen LogP contribution in [0, 0.1) is 0 Å². The van der Waals surface area contributed by atoms with E-state index >= 15 is 0 Å². The molecule has 0 spiro atoms. The Labute approximate surface area is 139 Å². The summed E-state index contributed by atoms with van der Waals surface area (Å²) < 4.78 is 1.74. The van der Waals surface area contributed by atoms with Crippen LogP contribution in [-0.4, -0.2) is 24.8 Å². The number of hydrogen-bond acceptors (Lipinski definition) is 6. The first kappa shape index (κ1) is 13.7. The van der Waals surface area contributed by atoms with Crippen molar-refractivity contribution in [2.24, 2.45) is 0 Å². The van der Waals surface area contributed by atoms with Crippen LogP contribution in [0.4, 0.5) is 0 Å². The molecule has 5 nitrogen and oxygen atoms in total. The van der Waals surface area contributed by atoms with Gasteiger partial charge >= 0.3 is 0 Å². The highest BCUT2D eigenvalue weighted by atomic mass is 35.5. The van der Waals surface area contributed by atoms with E-state index in [1.54, 1.807) is 28.0 Å². The second kappa shape index (κ2) is 5.68. The van der Waals surface area contributed by atoms with Gasteiger partial charge in [-0.05, 0) is 30.3 Å². The quantitative estimate of drug-likeness (QED) is 0.560. The fourth-order valence-corrected chi connectivity index (χ4v) is 3.63. The fraction of sp³-hybridized carbons (Fsp3) is 0. The van der Waals surface area contributed by atoms with Crippen LogP contribution in [0.5, 0.6) is 0 Å². The number of aromatic nitrogens is 5. The van der Waals surface area contributed by atoms with Crippen molar-refractivity contribution < 1.29 is 0 Å². The Bertz CT molecular complexity index is 935. The third-order valence-corrected chi connectivity index (χ3v) is 4.83. The van der Waals surface area contributed by atoms with E-state index in [-0.39, 0.29) is 0 Å². The Morgan fingerprint density at radius 2 is 2.09 bits per heavy atom. The summed E-state index contributed by atoms with van der Waals surface area (Å²) in [4.78, 5) is 6.04. The molecule has 1 aromatic carbocycles. The number of thiazole rings is 1. The molecule has 0 bridgehead atoms. The average molecular weight is 346 g/mol. The molecule has 0 aliphatic rings. The zero-order valence-electron chi connectivity index (χ0n) is 11.0. The van der Waals surface area contributed by atoms with Gasteiger partial charge in [0.15, 0.2) is 11.5 Å². The van der Waals surface area contributed by atoms with E-state index in [9.17, 15) is 0 Å². The second-order valence-electron chi connectivity index (χ2n) is 4.39. The summed E-state index contributed by atoms with van der Waals surface area (Å²) in [7, 11) is 0. The molecule has 4 aromatic rings. The largest absolute Gasteiger partial charge is 0.252 e. The Morgan fingerprint density at radius 1 is 1.14 bits per heavy atom. The first-order valence-corrected chi connectivity index (χ1v) is 8.42. The molecule has 0 radical (unpaired) electrons. The van der Waals surface area contributed by atoms with Crippen LogP contribution in [-0.2, 0) is 0 Å². The zero-order valence-corrected chi connectivity index (χ0v) is 13.4. The molecule has 3 heterocycles. The normalized spacial score (nSPS) is 11.1. The van der Waals surface area contributed by atoms with Crippen molar-refractivity contribution in [1.29, 1.82) is 0 Å². The van der Waals surface area contributed by atoms with Crippen molar-refractivity contribution in [3.05, 3.63) is 53.1 Å². The van der Waals surface area contributed by atoms with Gasteiger partial charge in [-0.2, -0.15) is 9.61 Å². The van der Waals surface area contributed by atoms with Crippen molar-refractivity contribution in [3.8, 4) is 10.7 Å². The molecule has 8 heteroatoms. The van der Waals surface area contributed by atoms with Crippen LogP contribution in [0.15, 0.2) is 58.0 Å². The van der Waals surface area contributed by atoms with Crippen molar-refractivity contribution in [3.63, 3.8) is 0 Å². The molecule has 0 aliphatic heterocycles. The molecule has 0 fully saturated rings. The minimum Gasteiger partial charge on any atom is -0.252 e. The van der Waals surface area contributed by atoms with E-state index in [0.29, 0.717) is 16.5 Å². The van der Waals surface area contributed by atoms with Crippen LogP contribution in [0.3, 0.4) is 0 Å². The molecular weight excluding hydrogens is 338 g/mol. The third kappa shape index (κ3) is 2.58. The maximum absolute atomic E-state index is 6.02. The van der Waals surface area contributed by atoms with Gasteiger partial charge in [-0.1, -0.05) is 29.4 Å². The number of rotatable bonds is 3. The van der Waals surface area contributed by atoms with Gasteiger partial charge in [-0.3, -0.25) is 4.98 Å². The third-order valence-electron chi connectivity index (χ3n) is 2.91. The fourth-order valence-electron chi connectivity index (χ4n) is 1.96. The van der Waals surface area contributed by atoms with Gasteiger partial charge in [0, 0.05) is 16.1 Å². The van der Waals surface area contributed by atoms with Gasteiger partial charge in [0.25, 0.3) is 0 Å². The highest BCUT2D eigenvalue weighted by Crippen LogP contribution is 2.29. The molecule has 0 atom stereocenters. The minimum atomic E-state index is 0.700. The van der Waals surface area contributed by atoms with E-state index in [1.807, 2.05) is 36.4 Å². The smallest absolute Gasteiger partial charge is 0.196 e. The molecule has 0 saturated heterocycles. The topological polar surface area (TPSA) is 56.0 Å². The molecule has 0 unspecified atom stereocenters. The molecule has 22 heavy (non-hydrogen) atoms. The van der Waals surface area contributed by atoms with E-state index in [0.717, 1.165) is 14.8 Å². The Balaban J connectivity index is 1.75. The van der Waals surface area contributed by atoms with Crippen molar-refractivity contribution in [1.82, 2.24) is 24.8 Å². The van der Waals surface area contributed by atoms with Crippen molar-refractivity contribution in [2.75, 3.05) is 0 Å². The Kier molecular flexibility index (Phi) is 3.53. The number of benzene rings is 1. The minimum absolute atomic E-state index is 0.700. The van der Waals surface area contributed by atoms with Gasteiger partial charge in [0.1, 0.15) is 5.03 Å². The molecule has 0 N–H and O–H groups in total. The lowest BCUT2D eigenvalue weighted by Gasteiger charge is -2.02. The van der Waals surface area contributed by atoms with Crippen LogP contribution in [0.2, 0.25) is 5.02 Å². The molecular formula is C14H8ClN5S2. The predicted molar refractivity (Wildman–Crippen MR) is 87.5 cm³/mol. The summed E-state index contributed by atoms with van der Waals surface area (Å²) in [5.41, 5.74) is 2.47. The highest BCUT2D eigenvalue weighted by molar-refractivity contribution is 7.99. The summed E-state index contributed by atoms with van der Waals surface area (Å²) in [5, 5.41) is 14.5. The SMILES string of the molecule is Clc1cccc(Sc2ccc3nnc(-c4cncs4)n3n2)c1. The number of halogens is 1. The Morgan fingerprint density at radius 3 is 2.91 bits per heavy atom. The van der Waals surface area contributed by atoms with Crippen molar-refractivity contribution >= 4 is 40.3 Å². The number of nitrogens with zero attached hydrogens (tertiary/aromatic N) is 5. The van der Waals surface area contributed by atoms with Gasteiger partial charge < -0.3 is 0 Å². The second-order valence-corrected chi connectivity index (χ2v) is 6.81. The zero-order chi connectivity index (χ0) is 14.9. The summed E-state index contributed by atoms with van der Waals surface area (Å²) in [6, 6.07) is 11.5. The van der Waals surface area contributed by atoms with Crippen LogP contribution < -0.4 is 0 Å². The van der Waals surface area contributed by atoms with E-state index in [1.165, 1.54) is 11.3 Å². The lowest BCUT2D eigenvalue weighted by molar-refractivity contribution is 0.862. The molecule has 0 amide bonds. The average Bonchev–Trinajstić information content (AvgIpc) is 3.15. The number of hydrogen-bond donors (Lipinski definition) is 0. The number of fused-ring (bicyclic) bond motifs is 1. The van der Waals surface area contributed by atoms with Crippen LogP contribution >= 0.6 is 34.7 Å². The van der Waals surface area contributed by atoms with Gasteiger partial charge in [-0.15, -0.1) is 21.5 Å². The molecule has 0 aliphatic carbocycles. The predicted octanol–water partition coefficient (Wildman–Crippen LogP) is 4.05. The van der Waals surface area contributed by atoms with Gasteiger partial charge in [0.2, 0.25) is 0 Å². The summed E-state index contributed by atoms with van der Waals surface area (Å²) in [6.45, 7) is 0. The van der Waals surface area contributed by atoms with Crippen LogP contribution in [0.1, 0.15) is 0 Å². The van der Waals surface area contributed by atoms with Gasteiger partial charge in [-0.25, -0.2) is 0 Å². The summed E-state index contributed by atoms with van der Waals surface area (Å²) in [5.74, 6) is 0.700. The monoisotopic (exact) mass is 345 g/mol. The van der Waals surface area contributed by atoms with Crippen molar-refractivity contribution in [2.45, 2.75) is 9.92 Å². The van der Waals surface area contributed by atoms with Gasteiger partial charge in [0.05, 0.1) is 10.4 Å². The maximum Gasteiger partial charge on any atom is 0.196 e. The van der Waals surface area contributed by atoms with E-state index < -0.39 is 0 Å². The van der Waals surface area contributed by atoms with E-state index in [2.05, 4.69) is 20.3 Å². The summed E-state index contributed by atoms with van der Waals surface area (Å²) >= 11 is 9.07. The molecule has 0 saturated carbocycles. The summed E-state index contributed by atoms with van der Waals surface area (Å²) in [6.07, 6.45) is 1.76. The molecule has 4 rings (SSSR count). The lowest BCUT2D eigenvalue weighted by Crippen LogP contribution is -1.95.